The molecule has 1 heterocycles. The number of nitrogens with zero attached hydrogens (tertiary/aromatic N) is 2. The van der Waals surface area contributed by atoms with Crippen LogP contribution in [0.4, 0.5) is 5.69 Å². The number of aliphatic hydroxyl groups is 1. The van der Waals surface area contributed by atoms with E-state index in [2.05, 4.69) is 10.3 Å². The van der Waals surface area contributed by atoms with Gasteiger partial charge in [0.05, 0.1) is 12.3 Å². The molecule has 6 nitrogen and oxygen atoms in total. The summed E-state index contributed by atoms with van der Waals surface area (Å²) in [6, 6.07) is 3.44. The summed E-state index contributed by atoms with van der Waals surface area (Å²) in [5.41, 5.74) is 0.526. The number of nitrogens with one attached hydrogen (secondary N) is 1. The van der Waals surface area contributed by atoms with Gasteiger partial charge in [-0.15, -0.1) is 0 Å². The van der Waals surface area contributed by atoms with Crippen molar-refractivity contribution in [2.24, 2.45) is 0 Å². The zero-order valence-corrected chi connectivity index (χ0v) is 12.4. The number of sulfonamides is 1. The fourth-order valence-electron chi connectivity index (χ4n) is 2.06. The molecule has 0 aliphatic heterocycles. The van der Waals surface area contributed by atoms with Crippen LogP contribution in [0.3, 0.4) is 0 Å². The van der Waals surface area contributed by atoms with E-state index < -0.39 is 10.0 Å². The lowest BCUT2D eigenvalue weighted by atomic mass is 10.4. The number of anilines is 1. The van der Waals surface area contributed by atoms with Gasteiger partial charge in [0.2, 0.25) is 0 Å². The molecule has 20 heavy (non-hydrogen) atoms. The fourth-order valence-corrected chi connectivity index (χ4v) is 3.82. The van der Waals surface area contributed by atoms with E-state index in [1.807, 2.05) is 6.92 Å². The largest absolute Gasteiger partial charge is 0.395 e. The van der Waals surface area contributed by atoms with Gasteiger partial charge in [-0.3, -0.25) is 0 Å². The number of aromatic nitrogens is 1. The molecule has 1 aliphatic carbocycles. The molecule has 0 spiro atoms. The zero-order valence-electron chi connectivity index (χ0n) is 11.6. The first-order chi connectivity index (χ1) is 9.61. The maximum absolute atomic E-state index is 12.7. The van der Waals surface area contributed by atoms with Crippen molar-refractivity contribution in [3.63, 3.8) is 0 Å². The van der Waals surface area contributed by atoms with E-state index in [-0.39, 0.29) is 24.2 Å². The van der Waals surface area contributed by atoms with Crippen molar-refractivity contribution in [1.82, 2.24) is 9.29 Å². The summed E-state index contributed by atoms with van der Waals surface area (Å²) >= 11 is 0. The molecular formula is C13H21N3O3S. The molecule has 1 saturated carbocycles. The molecule has 0 radical (unpaired) electrons. The molecule has 112 valence electrons. The maximum Gasteiger partial charge on any atom is 0.262 e. The Morgan fingerprint density at radius 1 is 1.50 bits per heavy atom. The molecule has 0 aromatic carbocycles. The molecule has 1 fully saturated rings. The summed E-state index contributed by atoms with van der Waals surface area (Å²) in [5, 5.41) is 12.2. The highest BCUT2D eigenvalue weighted by Crippen LogP contribution is 2.33. The third-order valence-corrected chi connectivity index (χ3v) is 5.08. The Kier molecular flexibility index (Phi) is 4.95. The second-order valence-corrected chi connectivity index (χ2v) is 6.66. The third kappa shape index (κ3) is 3.28. The van der Waals surface area contributed by atoms with Crippen LogP contribution >= 0.6 is 0 Å². The molecule has 1 aromatic heterocycles. The number of pyridine rings is 1. The SMILES string of the molecule is CCCNc1cccnc1S(=O)(=O)N(CCO)C1CC1. The third-order valence-electron chi connectivity index (χ3n) is 3.16. The number of hydrogen-bond acceptors (Lipinski definition) is 5. The van der Waals surface area contributed by atoms with Gasteiger partial charge in [0.1, 0.15) is 0 Å². The quantitative estimate of drug-likeness (QED) is 0.750. The number of hydrogen-bond donors (Lipinski definition) is 2. The average Bonchev–Trinajstić information content (AvgIpc) is 3.27. The highest BCUT2D eigenvalue weighted by Gasteiger charge is 2.39. The summed E-state index contributed by atoms with van der Waals surface area (Å²) in [6.45, 7) is 2.65. The van der Waals surface area contributed by atoms with Crippen LogP contribution in [-0.2, 0) is 10.0 Å². The van der Waals surface area contributed by atoms with Gasteiger partial charge in [0.25, 0.3) is 10.0 Å². The van der Waals surface area contributed by atoms with Crippen molar-refractivity contribution in [1.29, 1.82) is 0 Å². The molecule has 1 aliphatic rings. The molecule has 0 atom stereocenters. The van der Waals surface area contributed by atoms with E-state index in [9.17, 15) is 8.42 Å². The topological polar surface area (TPSA) is 82.5 Å². The number of rotatable bonds is 8. The van der Waals surface area contributed by atoms with Crippen LogP contribution in [0.1, 0.15) is 26.2 Å². The van der Waals surface area contributed by atoms with Gasteiger partial charge in [0, 0.05) is 25.3 Å². The summed E-state index contributed by atoms with van der Waals surface area (Å²) in [5.74, 6) is 0. The summed E-state index contributed by atoms with van der Waals surface area (Å²) in [4.78, 5) is 4.04. The first-order valence-corrected chi connectivity index (χ1v) is 8.37. The van der Waals surface area contributed by atoms with Crippen LogP contribution in [-0.4, -0.2) is 48.6 Å². The Morgan fingerprint density at radius 3 is 2.85 bits per heavy atom. The molecule has 0 saturated heterocycles. The second-order valence-electron chi connectivity index (χ2n) is 4.85. The van der Waals surface area contributed by atoms with Crippen LogP contribution < -0.4 is 5.32 Å². The molecule has 2 N–H and O–H groups in total. The monoisotopic (exact) mass is 299 g/mol. The minimum atomic E-state index is -3.66. The van der Waals surface area contributed by atoms with E-state index in [0.717, 1.165) is 19.3 Å². The second kappa shape index (κ2) is 6.51. The average molecular weight is 299 g/mol. The van der Waals surface area contributed by atoms with Gasteiger partial charge >= 0.3 is 0 Å². The number of aliphatic hydroxyl groups excluding tert-OH is 1. The van der Waals surface area contributed by atoms with E-state index in [1.165, 1.54) is 10.5 Å². The molecular weight excluding hydrogens is 278 g/mol. The predicted molar refractivity (Wildman–Crippen MR) is 77.0 cm³/mol. The highest BCUT2D eigenvalue weighted by molar-refractivity contribution is 7.89. The lowest BCUT2D eigenvalue weighted by Crippen LogP contribution is -2.36. The lowest BCUT2D eigenvalue weighted by Gasteiger charge is -2.21. The molecule has 0 amide bonds. The van der Waals surface area contributed by atoms with Gasteiger partial charge in [-0.2, -0.15) is 4.31 Å². The van der Waals surface area contributed by atoms with Crippen LogP contribution in [0.15, 0.2) is 23.4 Å². The smallest absolute Gasteiger partial charge is 0.262 e. The standard InChI is InChI=1S/C13H21N3O3S/c1-2-7-14-12-4-3-8-15-13(12)20(18,19)16(9-10-17)11-5-6-11/h3-4,8,11,14,17H,2,5-7,9-10H2,1H3. The van der Waals surface area contributed by atoms with Gasteiger partial charge in [0.15, 0.2) is 5.03 Å². The van der Waals surface area contributed by atoms with Crippen LogP contribution in [0.2, 0.25) is 0 Å². The Balaban J connectivity index is 2.32. The fraction of sp³-hybridized carbons (Fsp3) is 0.615. The minimum Gasteiger partial charge on any atom is -0.395 e. The summed E-state index contributed by atoms with van der Waals surface area (Å²) in [6.07, 6.45) is 4.08. The van der Waals surface area contributed by atoms with Gasteiger partial charge < -0.3 is 10.4 Å². The van der Waals surface area contributed by atoms with Crippen molar-refractivity contribution in [2.75, 3.05) is 25.0 Å². The Bertz CT molecular complexity index is 544. The Hall–Kier alpha value is -1.18. The molecule has 7 heteroatoms. The van der Waals surface area contributed by atoms with Crippen molar-refractivity contribution in [3.05, 3.63) is 18.3 Å². The first-order valence-electron chi connectivity index (χ1n) is 6.92. The van der Waals surface area contributed by atoms with E-state index in [1.54, 1.807) is 12.1 Å². The van der Waals surface area contributed by atoms with Crippen LogP contribution in [0.25, 0.3) is 0 Å². The zero-order chi connectivity index (χ0) is 14.6. The van der Waals surface area contributed by atoms with E-state index in [4.69, 9.17) is 5.11 Å². The van der Waals surface area contributed by atoms with Crippen molar-refractivity contribution in [3.8, 4) is 0 Å². The van der Waals surface area contributed by atoms with Crippen molar-refractivity contribution >= 4 is 15.7 Å². The van der Waals surface area contributed by atoms with E-state index in [0.29, 0.717) is 12.2 Å². The lowest BCUT2D eigenvalue weighted by molar-refractivity contribution is 0.250. The molecule has 2 rings (SSSR count). The normalized spacial score (nSPS) is 15.6. The summed E-state index contributed by atoms with van der Waals surface area (Å²) < 4.78 is 26.8. The molecule has 1 aromatic rings. The first kappa shape index (κ1) is 15.2. The highest BCUT2D eigenvalue weighted by atomic mass is 32.2. The van der Waals surface area contributed by atoms with E-state index >= 15 is 0 Å². The Labute approximate surface area is 119 Å². The predicted octanol–water partition coefficient (Wildman–Crippen LogP) is 1.05. The van der Waals surface area contributed by atoms with Crippen molar-refractivity contribution in [2.45, 2.75) is 37.3 Å². The molecule has 0 unspecified atom stereocenters. The summed E-state index contributed by atoms with van der Waals surface area (Å²) in [7, 11) is -3.66. The van der Waals surface area contributed by atoms with Crippen LogP contribution in [0, 0.1) is 0 Å². The van der Waals surface area contributed by atoms with Gasteiger partial charge in [-0.05, 0) is 31.4 Å². The Morgan fingerprint density at radius 2 is 2.25 bits per heavy atom. The maximum atomic E-state index is 12.7. The molecule has 0 bridgehead atoms. The van der Waals surface area contributed by atoms with Gasteiger partial charge in [-0.1, -0.05) is 6.92 Å². The minimum absolute atomic E-state index is 0.00758. The van der Waals surface area contributed by atoms with Gasteiger partial charge in [-0.25, -0.2) is 13.4 Å². The van der Waals surface area contributed by atoms with Crippen LogP contribution in [0.5, 0.6) is 0 Å². The van der Waals surface area contributed by atoms with Crippen molar-refractivity contribution < 1.29 is 13.5 Å².